The van der Waals surface area contributed by atoms with Gasteiger partial charge >= 0.3 is 0 Å². The van der Waals surface area contributed by atoms with Gasteiger partial charge in [0.05, 0.1) is 0 Å². The van der Waals surface area contributed by atoms with Gasteiger partial charge in [0.2, 0.25) is 0 Å². The van der Waals surface area contributed by atoms with E-state index in [4.69, 9.17) is 4.79 Å². The fourth-order valence-corrected chi connectivity index (χ4v) is 1.37. The predicted molar refractivity (Wildman–Crippen MR) is 43.9 cm³/mol. The van der Waals surface area contributed by atoms with Crippen molar-refractivity contribution >= 4 is 6.79 Å². The fraction of sp³-hybridized carbons (Fsp3) is 0.667. The Morgan fingerprint density at radius 3 is 1.90 bits per heavy atom. The predicted octanol–water partition coefficient (Wildman–Crippen LogP) is 2.57. The lowest BCUT2D eigenvalue weighted by Crippen LogP contribution is -2.01. The number of hydrogen-bond acceptors (Lipinski definition) is 1. The average Bonchev–Trinajstić information content (AvgIpc) is 2.10. The van der Waals surface area contributed by atoms with Gasteiger partial charge in [-0.25, -0.2) is 0 Å². The van der Waals surface area contributed by atoms with Gasteiger partial charge in [0, 0.05) is 0 Å². The number of allylic oxidation sites excluding steroid dienone is 1. The second kappa shape index (κ2) is 6.53. The highest BCUT2D eigenvalue weighted by atomic mass is 16.1. The first-order valence-corrected chi connectivity index (χ1v) is 3.85. The number of rotatable bonds is 1. The fourth-order valence-electron chi connectivity index (χ4n) is 1.37. The smallest absolute Gasteiger partial charge is 0.106 e. The van der Waals surface area contributed by atoms with Crippen LogP contribution < -0.4 is 0 Å². The van der Waals surface area contributed by atoms with Crippen molar-refractivity contribution < 1.29 is 4.79 Å². The molecule has 1 rings (SSSR count). The maximum Gasteiger partial charge on any atom is 0.106 e. The van der Waals surface area contributed by atoms with E-state index < -0.39 is 0 Å². The van der Waals surface area contributed by atoms with Crippen LogP contribution >= 0.6 is 0 Å². The van der Waals surface area contributed by atoms with Gasteiger partial charge in [-0.3, -0.25) is 0 Å². The molecular weight excluding hydrogens is 124 g/mol. The Bertz CT molecular complexity index is 82.7. The van der Waals surface area contributed by atoms with Crippen LogP contribution in [-0.4, -0.2) is 6.79 Å². The lowest BCUT2D eigenvalue weighted by molar-refractivity contribution is -0.0979. The highest BCUT2D eigenvalue weighted by Crippen LogP contribution is 2.23. The second-order valence-corrected chi connectivity index (χ2v) is 2.63. The summed E-state index contributed by atoms with van der Waals surface area (Å²) in [6.07, 6.45) is 9.20. The minimum Gasteiger partial charge on any atom is -0.307 e. The highest BCUT2D eigenvalue weighted by molar-refractivity contribution is 5.10. The molecule has 0 aromatic carbocycles. The lowest BCUT2D eigenvalue weighted by atomic mass is 9.90. The summed E-state index contributed by atoms with van der Waals surface area (Å²) < 4.78 is 0. The molecule has 0 aromatic rings. The Morgan fingerprint density at radius 2 is 1.60 bits per heavy atom. The molecule has 0 unspecified atom stereocenters. The monoisotopic (exact) mass is 140 g/mol. The van der Waals surface area contributed by atoms with Crippen molar-refractivity contribution in [1.82, 2.24) is 0 Å². The molecule has 0 aliphatic heterocycles. The van der Waals surface area contributed by atoms with Crippen LogP contribution in [0.15, 0.2) is 12.7 Å². The molecule has 0 saturated heterocycles. The first kappa shape index (κ1) is 9.41. The van der Waals surface area contributed by atoms with Crippen LogP contribution in [0.2, 0.25) is 0 Å². The topological polar surface area (TPSA) is 17.1 Å². The van der Waals surface area contributed by atoms with Crippen molar-refractivity contribution in [3.05, 3.63) is 12.7 Å². The van der Waals surface area contributed by atoms with Gasteiger partial charge in [0.1, 0.15) is 6.79 Å². The Balaban J connectivity index is 0.000000371. The third-order valence-corrected chi connectivity index (χ3v) is 1.98. The van der Waals surface area contributed by atoms with E-state index in [2.05, 4.69) is 12.7 Å². The summed E-state index contributed by atoms with van der Waals surface area (Å²) in [5.74, 6) is 0.851. The molecule has 58 valence electrons. The van der Waals surface area contributed by atoms with Crippen molar-refractivity contribution in [1.29, 1.82) is 0 Å². The Morgan fingerprint density at radius 1 is 1.10 bits per heavy atom. The molecular formula is C9H16O. The van der Waals surface area contributed by atoms with Crippen LogP contribution in [0.25, 0.3) is 0 Å². The van der Waals surface area contributed by atoms with Gasteiger partial charge in [0.15, 0.2) is 0 Å². The first-order chi connectivity index (χ1) is 4.93. The maximum atomic E-state index is 8.00. The summed E-state index contributed by atoms with van der Waals surface area (Å²) in [4.78, 5) is 8.00. The van der Waals surface area contributed by atoms with Gasteiger partial charge in [-0.15, -0.1) is 6.58 Å². The summed E-state index contributed by atoms with van der Waals surface area (Å²) in [5.41, 5.74) is 0. The normalized spacial score (nSPS) is 18.8. The molecule has 0 amide bonds. The average molecular weight is 140 g/mol. The largest absolute Gasteiger partial charge is 0.307 e. The molecule has 0 heterocycles. The molecule has 1 nitrogen and oxygen atoms in total. The summed E-state index contributed by atoms with van der Waals surface area (Å²) in [6.45, 7) is 5.78. The van der Waals surface area contributed by atoms with Gasteiger partial charge in [-0.05, 0) is 18.8 Å². The van der Waals surface area contributed by atoms with Crippen LogP contribution in [0.1, 0.15) is 32.1 Å². The molecule has 0 spiro atoms. The van der Waals surface area contributed by atoms with E-state index in [9.17, 15) is 0 Å². The van der Waals surface area contributed by atoms with Crippen LogP contribution in [0.3, 0.4) is 0 Å². The third-order valence-electron chi connectivity index (χ3n) is 1.98. The minimum atomic E-state index is 0.851. The van der Waals surface area contributed by atoms with Crippen molar-refractivity contribution in [2.24, 2.45) is 5.92 Å². The molecule has 0 radical (unpaired) electrons. The number of carbonyl (C=O) groups excluding carboxylic acids is 1. The van der Waals surface area contributed by atoms with E-state index in [1.807, 2.05) is 6.79 Å². The zero-order chi connectivity index (χ0) is 7.82. The van der Waals surface area contributed by atoms with Crippen LogP contribution in [0, 0.1) is 5.92 Å². The Hall–Kier alpha value is -0.590. The van der Waals surface area contributed by atoms with Crippen molar-refractivity contribution in [2.45, 2.75) is 32.1 Å². The third kappa shape index (κ3) is 3.44. The molecule has 0 atom stereocenters. The summed E-state index contributed by atoms with van der Waals surface area (Å²) >= 11 is 0. The Labute approximate surface area is 63.1 Å². The van der Waals surface area contributed by atoms with E-state index in [1.54, 1.807) is 0 Å². The van der Waals surface area contributed by atoms with Gasteiger partial charge in [-0.2, -0.15) is 0 Å². The van der Waals surface area contributed by atoms with Crippen molar-refractivity contribution in [3.63, 3.8) is 0 Å². The minimum absolute atomic E-state index is 0.851. The molecule has 1 fully saturated rings. The molecule has 1 heteroatoms. The van der Waals surface area contributed by atoms with Crippen LogP contribution in [0.4, 0.5) is 0 Å². The van der Waals surface area contributed by atoms with Crippen LogP contribution in [-0.2, 0) is 4.79 Å². The molecule has 0 aromatic heterocycles. The van der Waals surface area contributed by atoms with Gasteiger partial charge in [0.25, 0.3) is 0 Å². The van der Waals surface area contributed by atoms with E-state index in [0.717, 1.165) is 5.92 Å². The standard InChI is InChI=1S/C8H14.CH2O/c1-2-8-6-4-3-5-7-8;1-2/h2,8H,1,3-7H2;1H2. The maximum absolute atomic E-state index is 8.00. The molecule has 0 bridgehead atoms. The van der Waals surface area contributed by atoms with Gasteiger partial charge in [-0.1, -0.05) is 25.3 Å². The summed E-state index contributed by atoms with van der Waals surface area (Å²) in [7, 11) is 0. The molecule has 10 heavy (non-hydrogen) atoms. The van der Waals surface area contributed by atoms with Gasteiger partial charge < -0.3 is 4.79 Å². The molecule has 1 aliphatic carbocycles. The molecule has 1 aliphatic rings. The SMILES string of the molecule is C=CC1CCCCC1.C=O. The van der Waals surface area contributed by atoms with E-state index in [0.29, 0.717) is 0 Å². The van der Waals surface area contributed by atoms with E-state index in [-0.39, 0.29) is 0 Å². The summed E-state index contributed by atoms with van der Waals surface area (Å²) in [6, 6.07) is 0. The number of hydrogen-bond donors (Lipinski definition) is 0. The number of carbonyl (C=O) groups is 1. The molecule has 1 saturated carbocycles. The highest BCUT2D eigenvalue weighted by Gasteiger charge is 2.07. The zero-order valence-corrected chi connectivity index (χ0v) is 6.51. The first-order valence-electron chi connectivity index (χ1n) is 3.85. The van der Waals surface area contributed by atoms with E-state index >= 15 is 0 Å². The Kier molecular flexibility index (Phi) is 6.14. The quantitative estimate of drug-likeness (QED) is 0.511. The van der Waals surface area contributed by atoms with Crippen molar-refractivity contribution in [3.8, 4) is 0 Å². The molecule has 0 N–H and O–H groups in total. The zero-order valence-electron chi connectivity index (χ0n) is 6.51. The van der Waals surface area contributed by atoms with Crippen molar-refractivity contribution in [2.75, 3.05) is 0 Å². The van der Waals surface area contributed by atoms with E-state index in [1.165, 1.54) is 32.1 Å². The summed E-state index contributed by atoms with van der Waals surface area (Å²) in [5, 5.41) is 0. The lowest BCUT2D eigenvalue weighted by Gasteiger charge is -2.16. The van der Waals surface area contributed by atoms with Crippen LogP contribution in [0.5, 0.6) is 0 Å². The second-order valence-electron chi connectivity index (χ2n) is 2.63.